The lowest BCUT2D eigenvalue weighted by Gasteiger charge is -2.26. The second-order valence-electron chi connectivity index (χ2n) is 7.89. The van der Waals surface area contributed by atoms with Crippen LogP contribution < -0.4 is 0 Å². The number of hydrogen-bond acceptors (Lipinski definition) is 5. The van der Waals surface area contributed by atoms with Crippen LogP contribution in [0.4, 0.5) is 0 Å². The molecule has 0 bridgehead atoms. The van der Waals surface area contributed by atoms with E-state index in [4.69, 9.17) is 4.74 Å². The number of nitrogens with zero attached hydrogens (tertiary/aromatic N) is 3. The van der Waals surface area contributed by atoms with E-state index in [-0.39, 0.29) is 17.8 Å². The van der Waals surface area contributed by atoms with Crippen molar-refractivity contribution in [2.75, 3.05) is 6.61 Å². The van der Waals surface area contributed by atoms with Crippen LogP contribution in [-0.4, -0.2) is 32.7 Å². The van der Waals surface area contributed by atoms with E-state index in [0.29, 0.717) is 17.7 Å². The summed E-state index contributed by atoms with van der Waals surface area (Å²) in [6.07, 6.45) is 1.36. The smallest absolute Gasteiger partial charge is 0.333 e. The summed E-state index contributed by atoms with van der Waals surface area (Å²) >= 11 is 0. The Morgan fingerprint density at radius 3 is 2.38 bits per heavy atom. The van der Waals surface area contributed by atoms with Crippen molar-refractivity contribution in [1.29, 1.82) is 0 Å². The number of phenolic OH excluding ortho intramolecular Hbond substituents is 1. The molecule has 0 radical (unpaired) electrons. The van der Waals surface area contributed by atoms with Gasteiger partial charge in [0.2, 0.25) is 0 Å². The number of phenols is 1. The summed E-state index contributed by atoms with van der Waals surface area (Å²) in [6.45, 7) is 11.7. The summed E-state index contributed by atoms with van der Waals surface area (Å²) in [6, 6.07) is 11.4. The van der Waals surface area contributed by atoms with E-state index in [9.17, 15) is 9.90 Å². The lowest BCUT2D eigenvalue weighted by molar-refractivity contribution is -0.138. The predicted molar refractivity (Wildman–Crippen MR) is 113 cm³/mol. The van der Waals surface area contributed by atoms with Gasteiger partial charge in [-0.25, -0.2) is 4.79 Å². The number of esters is 1. The minimum Gasteiger partial charge on any atom is -0.505 e. The molecule has 0 aliphatic carbocycles. The average molecular weight is 393 g/mol. The summed E-state index contributed by atoms with van der Waals surface area (Å²) < 4.78 is 5.24. The Bertz CT molecular complexity index is 1030. The minimum absolute atomic E-state index is 0.167. The first-order valence-electron chi connectivity index (χ1n) is 9.74. The molecule has 1 N–H and O–H groups in total. The van der Waals surface area contributed by atoms with Gasteiger partial charge in [0.15, 0.2) is 0 Å². The Kier molecular flexibility index (Phi) is 5.73. The van der Waals surface area contributed by atoms with Crippen LogP contribution in [-0.2, 0) is 21.4 Å². The maximum Gasteiger partial charge on any atom is 0.333 e. The Labute approximate surface area is 170 Å². The van der Waals surface area contributed by atoms with E-state index in [1.54, 1.807) is 6.92 Å². The zero-order valence-corrected chi connectivity index (χ0v) is 17.4. The summed E-state index contributed by atoms with van der Waals surface area (Å²) in [7, 11) is 0. The third-order valence-corrected chi connectivity index (χ3v) is 5.24. The summed E-state index contributed by atoms with van der Waals surface area (Å²) in [5, 5.41) is 20.1. The third-order valence-electron chi connectivity index (χ3n) is 5.24. The van der Waals surface area contributed by atoms with E-state index in [1.165, 1.54) is 4.80 Å². The largest absolute Gasteiger partial charge is 0.505 e. The molecule has 0 aliphatic heterocycles. The molecule has 0 atom stereocenters. The number of aromatic nitrogens is 3. The molecular formula is C23H27N3O3. The lowest BCUT2D eigenvalue weighted by Crippen LogP contribution is -2.18. The van der Waals surface area contributed by atoms with Crippen LogP contribution in [0.3, 0.4) is 0 Å². The highest BCUT2D eigenvalue weighted by atomic mass is 16.5. The predicted octanol–water partition coefficient (Wildman–Crippen LogP) is 4.48. The Morgan fingerprint density at radius 2 is 1.83 bits per heavy atom. The van der Waals surface area contributed by atoms with Crippen LogP contribution >= 0.6 is 0 Å². The second-order valence-corrected chi connectivity index (χ2v) is 7.89. The van der Waals surface area contributed by atoms with E-state index in [2.05, 4.69) is 37.5 Å². The number of rotatable bonds is 7. The number of fused-ring (bicyclic) bond motifs is 1. The van der Waals surface area contributed by atoms with E-state index in [0.717, 1.165) is 28.6 Å². The van der Waals surface area contributed by atoms with Crippen LogP contribution in [0, 0.1) is 0 Å². The van der Waals surface area contributed by atoms with Gasteiger partial charge in [-0.15, -0.1) is 15.0 Å². The van der Waals surface area contributed by atoms with Crippen LogP contribution in [0.15, 0.2) is 48.6 Å². The molecule has 3 rings (SSSR count). The van der Waals surface area contributed by atoms with Gasteiger partial charge in [0.1, 0.15) is 22.5 Å². The van der Waals surface area contributed by atoms with Gasteiger partial charge < -0.3 is 9.84 Å². The van der Waals surface area contributed by atoms with Crippen LogP contribution in [0.25, 0.3) is 16.7 Å². The first kappa shape index (κ1) is 20.6. The first-order chi connectivity index (χ1) is 13.7. The number of aromatic hydroxyl groups is 1. The van der Waals surface area contributed by atoms with Gasteiger partial charge in [-0.05, 0) is 42.5 Å². The van der Waals surface area contributed by atoms with Crippen molar-refractivity contribution >= 4 is 17.0 Å². The van der Waals surface area contributed by atoms with Crippen LogP contribution in [0.2, 0.25) is 0 Å². The summed E-state index contributed by atoms with van der Waals surface area (Å²) in [5.74, 6) is -0.238. The highest BCUT2D eigenvalue weighted by Crippen LogP contribution is 2.38. The zero-order valence-electron chi connectivity index (χ0n) is 17.4. The van der Waals surface area contributed by atoms with Gasteiger partial charge in [0.25, 0.3) is 0 Å². The maximum atomic E-state index is 11.7. The summed E-state index contributed by atoms with van der Waals surface area (Å²) in [5.41, 5.74) is 3.91. The molecule has 0 saturated heterocycles. The van der Waals surface area contributed by atoms with Crippen LogP contribution in [0.5, 0.6) is 5.75 Å². The van der Waals surface area contributed by atoms with Crippen molar-refractivity contribution in [1.82, 2.24) is 15.0 Å². The highest BCUT2D eigenvalue weighted by molar-refractivity contribution is 5.86. The molecular weight excluding hydrogens is 366 g/mol. The van der Waals surface area contributed by atoms with E-state index < -0.39 is 5.97 Å². The van der Waals surface area contributed by atoms with Crippen molar-refractivity contribution < 1.29 is 14.6 Å². The molecule has 29 heavy (non-hydrogen) atoms. The van der Waals surface area contributed by atoms with Gasteiger partial charge in [0.05, 0.1) is 6.61 Å². The number of carbonyl (C=O) groups excluding carboxylic acids is 1. The molecule has 1 aromatic heterocycles. The van der Waals surface area contributed by atoms with Crippen molar-refractivity contribution in [3.8, 4) is 11.4 Å². The zero-order chi connectivity index (χ0) is 21.2. The molecule has 0 amide bonds. The Hall–Kier alpha value is -3.15. The molecule has 0 spiro atoms. The van der Waals surface area contributed by atoms with Crippen molar-refractivity contribution in [3.63, 3.8) is 0 Å². The standard InChI is InChI=1S/C23H27N3O3/c1-6-23(4,5)17-13-16(11-12-29-22(28)15(2)3)14-20(21(17)27)26-24-18-9-7-8-10-19(18)25-26/h7-10,13-14,27H,2,6,11-12H2,1,3-5H3. The number of benzene rings is 2. The fourth-order valence-electron chi connectivity index (χ4n) is 3.03. The summed E-state index contributed by atoms with van der Waals surface area (Å²) in [4.78, 5) is 13.1. The molecule has 0 aliphatic rings. The normalized spacial score (nSPS) is 11.6. The van der Waals surface area contributed by atoms with Gasteiger partial charge in [-0.2, -0.15) is 0 Å². The fraction of sp³-hybridized carbons (Fsp3) is 0.348. The molecule has 0 fully saturated rings. The monoisotopic (exact) mass is 393 g/mol. The molecule has 3 aromatic rings. The van der Waals surface area contributed by atoms with E-state index in [1.807, 2.05) is 36.4 Å². The van der Waals surface area contributed by atoms with Crippen molar-refractivity contribution in [3.05, 3.63) is 59.7 Å². The molecule has 0 saturated carbocycles. The SMILES string of the molecule is C=C(C)C(=O)OCCc1cc(-n2nc3ccccc3n2)c(O)c(C(C)(C)CC)c1. The van der Waals surface area contributed by atoms with Gasteiger partial charge >= 0.3 is 5.97 Å². The molecule has 6 heteroatoms. The highest BCUT2D eigenvalue weighted by Gasteiger charge is 2.25. The molecule has 1 heterocycles. The van der Waals surface area contributed by atoms with Gasteiger partial charge in [0, 0.05) is 17.6 Å². The number of hydrogen-bond donors (Lipinski definition) is 1. The molecule has 6 nitrogen and oxygen atoms in total. The fourth-order valence-corrected chi connectivity index (χ4v) is 3.03. The van der Waals surface area contributed by atoms with E-state index >= 15 is 0 Å². The van der Waals surface area contributed by atoms with Crippen molar-refractivity contribution in [2.45, 2.75) is 46.0 Å². The topological polar surface area (TPSA) is 77.2 Å². The lowest BCUT2D eigenvalue weighted by atomic mass is 9.80. The molecule has 0 unspecified atom stereocenters. The van der Waals surface area contributed by atoms with Gasteiger partial charge in [-0.1, -0.05) is 45.5 Å². The maximum absolute atomic E-state index is 11.7. The molecule has 2 aromatic carbocycles. The number of ether oxygens (including phenoxy) is 1. The second kappa shape index (κ2) is 8.07. The first-order valence-corrected chi connectivity index (χ1v) is 9.74. The molecule has 152 valence electrons. The quantitative estimate of drug-likeness (QED) is 0.473. The Morgan fingerprint density at radius 1 is 1.21 bits per heavy atom. The Balaban J connectivity index is 2.03. The van der Waals surface area contributed by atoms with Gasteiger partial charge in [-0.3, -0.25) is 0 Å². The van der Waals surface area contributed by atoms with Crippen molar-refractivity contribution in [2.24, 2.45) is 0 Å². The minimum atomic E-state index is -0.405. The van der Waals surface area contributed by atoms with Crippen LogP contribution in [0.1, 0.15) is 45.2 Å². The number of carbonyl (C=O) groups is 1. The third kappa shape index (κ3) is 4.31. The average Bonchev–Trinajstić information content (AvgIpc) is 3.12.